The van der Waals surface area contributed by atoms with E-state index in [9.17, 15) is 9.59 Å². The Labute approximate surface area is 157 Å². The molecule has 6 heteroatoms. The average molecular weight is 362 g/mol. The summed E-state index contributed by atoms with van der Waals surface area (Å²) < 4.78 is 0. The molecule has 1 aliphatic carbocycles. The van der Waals surface area contributed by atoms with E-state index in [1.165, 1.54) is 0 Å². The van der Waals surface area contributed by atoms with Gasteiger partial charge in [0, 0.05) is 31.0 Å². The SMILES string of the molecule is O=C(CCc1nc2ccccc2[nH]1)NCc1cccc(NC(=O)C2CC2)c1. The number of H-pyrrole nitrogens is 1. The highest BCUT2D eigenvalue weighted by Gasteiger charge is 2.29. The van der Waals surface area contributed by atoms with Crippen LogP contribution in [0, 0.1) is 5.92 Å². The number of nitrogens with zero attached hydrogens (tertiary/aromatic N) is 1. The second-order valence-corrected chi connectivity index (χ2v) is 6.94. The first-order valence-electron chi connectivity index (χ1n) is 9.27. The van der Waals surface area contributed by atoms with Gasteiger partial charge in [0.05, 0.1) is 11.0 Å². The number of fused-ring (bicyclic) bond motifs is 1. The molecule has 0 spiro atoms. The number of aromatic nitrogens is 2. The number of anilines is 1. The summed E-state index contributed by atoms with van der Waals surface area (Å²) in [4.78, 5) is 31.7. The van der Waals surface area contributed by atoms with Crippen LogP contribution in [-0.2, 0) is 22.6 Å². The molecule has 0 bridgehead atoms. The summed E-state index contributed by atoms with van der Waals surface area (Å²) >= 11 is 0. The maximum atomic E-state index is 12.1. The van der Waals surface area contributed by atoms with Crippen LogP contribution in [0.3, 0.4) is 0 Å². The third-order valence-electron chi connectivity index (χ3n) is 4.66. The van der Waals surface area contributed by atoms with Crippen molar-refractivity contribution in [3.05, 3.63) is 59.9 Å². The van der Waals surface area contributed by atoms with E-state index in [4.69, 9.17) is 0 Å². The molecule has 4 rings (SSSR count). The first-order valence-corrected chi connectivity index (χ1v) is 9.27. The molecule has 0 radical (unpaired) electrons. The van der Waals surface area contributed by atoms with Crippen LogP contribution in [0.15, 0.2) is 48.5 Å². The Hall–Kier alpha value is -3.15. The zero-order chi connectivity index (χ0) is 18.6. The van der Waals surface area contributed by atoms with Crippen molar-refractivity contribution in [3.8, 4) is 0 Å². The number of benzene rings is 2. The van der Waals surface area contributed by atoms with Crippen LogP contribution < -0.4 is 10.6 Å². The van der Waals surface area contributed by atoms with Crippen LogP contribution in [0.4, 0.5) is 5.69 Å². The molecule has 0 aliphatic heterocycles. The fourth-order valence-electron chi connectivity index (χ4n) is 2.99. The fraction of sp³-hybridized carbons (Fsp3) is 0.286. The van der Waals surface area contributed by atoms with Gasteiger partial charge in [-0.2, -0.15) is 0 Å². The molecule has 138 valence electrons. The van der Waals surface area contributed by atoms with Crippen molar-refractivity contribution < 1.29 is 9.59 Å². The number of para-hydroxylation sites is 2. The molecule has 2 amide bonds. The van der Waals surface area contributed by atoms with Crippen LogP contribution in [-0.4, -0.2) is 21.8 Å². The van der Waals surface area contributed by atoms with Crippen LogP contribution in [0.5, 0.6) is 0 Å². The minimum absolute atomic E-state index is 0.0251. The number of amides is 2. The van der Waals surface area contributed by atoms with Crippen molar-refractivity contribution in [1.82, 2.24) is 15.3 Å². The van der Waals surface area contributed by atoms with Crippen molar-refractivity contribution >= 4 is 28.5 Å². The number of carbonyl (C=O) groups excluding carboxylic acids is 2. The molecule has 2 aromatic carbocycles. The summed E-state index contributed by atoms with van der Waals surface area (Å²) in [5, 5.41) is 5.85. The van der Waals surface area contributed by atoms with Crippen LogP contribution in [0.1, 0.15) is 30.7 Å². The molecule has 1 heterocycles. The molecular formula is C21H22N4O2. The number of nitrogens with one attached hydrogen (secondary N) is 3. The molecule has 6 nitrogen and oxygen atoms in total. The molecule has 0 unspecified atom stereocenters. The zero-order valence-corrected chi connectivity index (χ0v) is 15.0. The lowest BCUT2D eigenvalue weighted by molar-refractivity contribution is -0.121. The van der Waals surface area contributed by atoms with Crippen molar-refractivity contribution in [2.24, 2.45) is 5.92 Å². The number of aryl methyl sites for hydroxylation is 1. The highest BCUT2D eigenvalue weighted by molar-refractivity contribution is 5.94. The van der Waals surface area contributed by atoms with Crippen LogP contribution in [0.25, 0.3) is 11.0 Å². The molecule has 0 saturated heterocycles. The molecule has 27 heavy (non-hydrogen) atoms. The van der Waals surface area contributed by atoms with Gasteiger partial charge in [-0.1, -0.05) is 24.3 Å². The lowest BCUT2D eigenvalue weighted by atomic mass is 10.2. The first-order chi connectivity index (χ1) is 13.2. The smallest absolute Gasteiger partial charge is 0.227 e. The minimum atomic E-state index is -0.0251. The molecule has 1 aliphatic rings. The fourth-order valence-corrected chi connectivity index (χ4v) is 2.99. The molecular weight excluding hydrogens is 340 g/mol. The second kappa shape index (κ2) is 7.61. The van der Waals surface area contributed by atoms with Gasteiger partial charge in [0.1, 0.15) is 5.82 Å². The highest BCUT2D eigenvalue weighted by atomic mass is 16.2. The predicted molar refractivity (Wildman–Crippen MR) is 104 cm³/mol. The summed E-state index contributed by atoms with van der Waals surface area (Å²) in [5.41, 5.74) is 3.64. The molecule has 0 atom stereocenters. The summed E-state index contributed by atoms with van der Waals surface area (Å²) in [6.07, 6.45) is 2.90. The monoisotopic (exact) mass is 362 g/mol. The Morgan fingerprint density at radius 3 is 2.78 bits per heavy atom. The van der Waals surface area contributed by atoms with E-state index >= 15 is 0 Å². The summed E-state index contributed by atoms with van der Waals surface area (Å²) in [6, 6.07) is 15.4. The molecule has 3 aromatic rings. The van der Waals surface area contributed by atoms with E-state index in [0.717, 1.165) is 41.0 Å². The number of hydrogen-bond donors (Lipinski definition) is 3. The van der Waals surface area contributed by atoms with Gasteiger partial charge >= 0.3 is 0 Å². The van der Waals surface area contributed by atoms with E-state index in [-0.39, 0.29) is 17.7 Å². The first kappa shape index (κ1) is 17.3. The standard InChI is InChI=1S/C21H22N4O2/c26-20(11-10-19-24-17-6-1-2-7-18(17)25-19)22-13-14-4-3-5-16(12-14)23-21(27)15-8-9-15/h1-7,12,15H,8-11,13H2,(H,22,26)(H,23,27)(H,24,25). The normalized spacial score (nSPS) is 13.5. The van der Waals surface area contributed by atoms with Gasteiger partial charge in [0.25, 0.3) is 0 Å². The molecule has 1 saturated carbocycles. The zero-order valence-electron chi connectivity index (χ0n) is 15.0. The Morgan fingerprint density at radius 2 is 1.96 bits per heavy atom. The maximum absolute atomic E-state index is 12.1. The minimum Gasteiger partial charge on any atom is -0.352 e. The molecule has 1 aromatic heterocycles. The van der Waals surface area contributed by atoms with E-state index in [0.29, 0.717) is 19.4 Å². The van der Waals surface area contributed by atoms with Crippen molar-refractivity contribution in [2.45, 2.75) is 32.2 Å². The average Bonchev–Trinajstić information content (AvgIpc) is 3.44. The van der Waals surface area contributed by atoms with Crippen molar-refractivity contribution in [2.75, 3.05) is 5.32 Å². The topological polar surface area (TPSA) is 86.9 Å². The van der Waals surface area contributed by atoms with E-state index in [2.05, 4.69) is 20.6 Å². The highest BCUT2D eigenvalue weighted by Crippen LogP contribution is 2.30. The van der Waals surface area contributed by atoms with Crippen LogP contribution in [0.2, 0.25) is 0 Å². The third-order valence-corrected chi connectivity index (χ3v) is 4.66. The predicted octanol–water partition coefficient (Wildman–Crippen LogP) is 3.16. The number of carbonyl (C=O) groups is 2. The second-order valence-electron chi connectivity index (χ2n) is 6.94. The van der Waals surface area contributed by atoms with Gasteiger partial charge in [-0.3, -0.25) is 9.59 Å². The lowest BCUT2D eigenvalue weighted by Crippen LogP contribution is -2.23. The van der Waals surface area contributed by atoms with Gasteiger partial charge in [-0.05, 0) is 42.7 Å². The number of imidazole rings is 1. The number of hydrogen-bond acceptors (Lipinski definition) is 3. The summed E-state index contributed by atoms with van der Waals surface area (Å²) in [5.74, 6) is 1.05. The van der Waals surface area contributed by atoms with Gasteiger partial charge < -0.3 is 15.6 Å². The maximum Gasteiger partial charge on any atom is 0.227 e. The quantitative estimate of drug-likeness (QED) is 0.603. The summed E-state index contributed by atoms with van der Waals surface area (Å²) in [6.45, 7) is 0.437. The molecule has 1 fully saturated rings. The van der Waals surface area contributed by atoms with Gasteiger partial charge in [-0.15, -0.1) is 0 Å². The Bertz CT molecular complexity index is 942. The lowest BCUT2D eigenvalue weighted by Gasteiger charge is -2.08. The number of rotatable bonds is 7. The van der Waals surface area contributed by atoms with E-state index in [1.807, 2.05) is 48.5 Å². The Kier molecular flexibility index (Phi) is 4.87. The van der Waals surface area contributed by atoms with Gasteiger partial charge in [0.2, 0.25) is 11.8 Å². The van der Waals surface area contributed by atoms with Crippen molar-refractivity contribution in [1.29, 1.82) is 0 Å². The third kappa shape index (κ3) is 4.53. The largest absolute Gasteiger partial charge is 0.352 e. The van der Waals surface area contributed by atoms with Gasteiger partial charge in [-0.25, -0.2) is 4.98 Å². The summed E-state index contributed by atoms with van der Waals surface area (Å²) in [7, 11) is 0. The Balaban J connectivity index is 1.26. The van der Waals surface area contributed by atoms with E-state index < -0.39 is 0 Å². The van der Waals surface area contributed by atoms with E-state index in [1.54, 1.807) is 0 Å². The Morgan fingerprint density at radius 1 is 1.11 bits per heavy atom. The van der Waals surface area contributed by atoms with Crippen molar-refractivity contribution in [3.63, 3.8) is 0 Å². The van der Waals surface area contributed by atoms with Crippen LogP contribution >= 0.6 is 0 Å². The molecule has 3 N–H and O–H groups in total. The van der Waals surface area contributed by atoms with Gasteiger partial charge in [0.15, 0.2) is 0 Å². The number of aromatic amines is 1.